The number of aromatic nitrogens is 2. The van der Waals surface area contributed by atoms with Gasteiger partial charge in [0.05, 0.1) is 6.20 Å². The predicted molar refractivity (Wildman–Crippen MR) is 75.6 cm³/mol. The molecule has 98 valence electrons. The molecule has 0 aliphatic carbocycles. The Morgan fingerprint density at radius 1 is 1.58 bits per heavy atom. The van der Waals surface area contributed by atoms with Gasteiger partial charge in [-0.1, -0.05) is 12.6 Å². The second-order valence-corrected chi connectivity index (χ2v) is 4.21. The van der Waals surface area contributed by atoms with Crippen molar-refractivity contribution in [1.82, 2.24) is 9.78 Å². The van der Waals surface area contributed by atoms with Crippen LogP contribution in [0.25, 0.3) is 6.20 Å². The van der Waals surface area contributed by atoms with E-state index >= 15 is 0 Å². The van der Waals surface area contributed by atoms with Crippen LogP contribution in [-0.2, 0) is 6.54 Å². The molecule has 0 radical (unpaired) electrons. The normalized spacial score (nSPS) is 10.2. The average molecular weight is 256 g/mol. The second-order valence-electron chi connectivity index (χ2n) is 4.21. The standard InChI is InChI=1S/C14H16N4O/c1-3-18-9-11(8-17-18)7-16-13-6-4-5-12(10(13)2)14(15)19/h3-6,8-9,16H,1,7H2,2H3,(H2,15,19). The molecule has 1 aromatic carbocycles. The summed E-state index contributed by atoms with van der Waals surface area (Å²) in [5.74, 6) is -0.416. The molecule has 0 fully saturated rings. The molecule has 1 amide bonds. The Kier molecular flexibility index (Phi) is 3.66. The second kappa shape index (κ2) is 5.39. The molecule has 0 aliphatic heterocycles. The number of primary amides is 1. The maximum Gasteiger partial charge on any atom is 0.249 e. The van der Waals surface area contributed by atoms with Crippen LogP contribution in [-0.4, -0.2) is 15.7 Å². The largest absolute Gasteiger partial charge is 0.381 e. The van der Waals surface area contributed by atoms with Gasteiger partial charge < -0.3 is 11.1 Å². The molecule has 2 aromatic rings. The molecule has 0 aliphatic rings. The Balaban J connectivity index is 2.13. The van der Waals surface area contributed by atoms with E-state index in [1.54, 1.807) is 23.1 Å². The summed E-state index contributed by atoms with van der Waals surface area (Å²) >= 11 is 0. The Morgan fingerprint density at radius 3 is 3.00 bits per heavy atom. The van der Waals surface area contributed by atoms with Crippen molar-refractivity contribution in [2.75, 3.05) is 5.32 Å². The highest BCUT2D eigenvalue weighted by Crippen LogP contribution is 2.19. The number of carbonyl (C=O) groups is 1. The number of benzene rings is 1. The van der Waals surface area contributed by atoms with Gasteiger partial charge in [0.1, 0.15) is 0 Å². The lowest BCUT2D eigenvalue weighted by atomic mass is 10.1. The maximum atomic E-state index is 11.3. The van der Waals surface area contributed by atoms with Gasteiger partial charge >= 0.3 is 0 Å². The van der Waals surface area contributed by atoms with Gasteiger partial charge in [0.25, 0.3) is 0 Å². The molecule has 0 atom stereocenters. The smallest absolute Gasteiger partial charge is 0.249 e. The van der Waals surface area contributed by atoms with Crippen molar-refractivity contribution in [2.45, 2.75) is 13.5 Å². The predicted octanol–water partition coefficient (Wildman–Crippen LogP) is 2.00. The summed E-state index contributed by atoms with van der Waals surface area (Å²) in [5, 5.41) is 7.37. The van der Waals surface area contributed by atoms with Crippen LogP contribution in [0.1, 0.15) is 21.5 Å². The van der Waals surface area contributed by atoms with Gasteiger partial charge in [0.15, 0.2) is 0 Å². The van der Waals surface area contributed by atoms with E-state index in [1.165, 1.54) is 0 Å². The molecule has 0 spiro atoms. The fourth-order valence-electron chi connectivity index (χ4n) is 1.86. The van der Waals surface area contributed by atoms with Crippen LogP contribution in [0.15, 0.2) is 37.2 Å². The van der Waals surface area contributed by atoms with Gasteiger partial charge in [-0.05, 0) is 24.6 Å². The van der Waals surface area contributed by atoms with E-state index in [0.717, 1.165) is 16.8 Å². The molecule has 1 heterocycles. The molecule has 5 heteroatoms. The van der Waals surface area contributed by atoms with Crippen molar-refractivity contribution < 1.29 is 4.79 Å². The summed E-state index contributed by atoms with van der Waals surface area (Å²) in [5.41, 5.74) is 8.63. The highest BCUT2D eigenvalue weighted by molar-refractivity contribution is 5.95. The van der Waals surface area contributed by atoms with Gasteiger partial charge in [-0.25, -0.2) is 4.68 Å². The zero-order valence-electron chi connectivity index (χ0n) is 10.8. The topological polar surface area (TPSA) is 72.9 Å². The lowest BCUT2D eigenvalue weighted by Gasteiger charge is -2.10. The first kappa shape index (κ1) is 12.9. The Morgan fingerprint density at radius 2 is 2.37 bits per heavy atom. The van der Waals surface area contributed by atoms with Crippen molar-refractivity contribution >= 4 is 17.8 Å². The van der Waals surface area contributed by atoms with Crippen molar-refractivity contribution in [3.8, 4) is 0 Å². The summed E-state index contributed by atoms with van der Waals surface area (Å²) in [6, 6.07) is 5.45. The molecule has 3 N–H and O–H groups in total. The van der Waals surface area contributed by atoms with Crippen molar-refractivity contribution in [1.29, 1.82) is 0 Å². The van der Waals surface area contributed by atoms with Gasteiger partial charge in [-0.3, -0.25) is 4.79 Å². The number of anilines is 1. The van der Waals surface area contributed by atoms with Crippen LogP contribution in [0.3, 0.4) is 0 Å². The van der Waals surface area contributed by atoms with E-state index in [-0.39, 0.29) is 0 Å². The highest BCUT2D eigenvalue weighted by Gasteiger charge is 2.08. The first-order chi connectivity index (χ1) is 9.11. The molecule has 0 saturated heterocycles. The van der Waals surface area contributed by atoms with Crippen molar-refractivity contribution in [2.24, 2.45) is 5.73 Å². The fourth-order valence-corrected chi connectivity index (χ4v) is 1.86. The van der Waals surface area contributed by atoms with E-state index in [2.05, 4.69) is 17.0 Å². The van der Waals surface area contributed by atoms with E-state index in [4.69, 9.17) is 5.73 Å². The number of nitrogens with one attached hydrogen (secondary N) is 1. The van der Waals surface area contributed by atoms with E-state index < -0.39 is 5.91 Å². The monoisotopic (exact) mass is 256 g/mol. The summed E-state index contributed by atoms with van der Waals surface area (Å²) in [7, 11) is 0. The summed E-state index contributed by atoms with van der Waals surface area (Å²) < 4.78 is 1.64. The number of nitrogens with zero attached hydrogens (tertiary/aromatic N) is 2. The number of hydrogen-bond donors (Lipinski definition) is 2. The third kappa shape index (κ3) is 2.82. The van der Waals surface area contributed by atoms with Gasteiger partial charge in [-0.15, -0.1) is 0 Å². The number of carbonyl (C=O) groups excluding carboxylic acids is 1. The highest BCUT2D eigenvalue weighted by atomic mass is 16.1. The first-order valence-electron chi connectivity index (χ1n) is 5.90. The molecule has 5 nitrogen and oxygen atoms in total. The SMILES string of the molecule is C=Cn1cc(CNc2cccc(C(N)=O)c2C)cn1. The quantitative estimate of drug-likeness (QED) is 0.859. The van der Waals surface area contributed by atoms with Crippen LogP contribution >= 0.6 is 0 Å². The summed E-state index contributed by atoms with van der Waals surface area (Å²) in [6.07, 6.45) is 5.28. The molecule has 0 unspecified atom stereocenters. The van der Waals surface area contributed by atoms with Gasteiger partial charge in [0.2, 0.25) is 5.91 Å². The molecule has 19 heavy (non-hydrogen) atoms. The maximum absolute atomic E-state index is 11.3. The molecule has 1 aromatic heterocycles. The Labute approximate surface area is 111 Å². The molecular formula is C14H16N4O. The summed E-state index contributed by atoms with van der Waals surface area (Å²) in [4.78, 5) is 11.3. The third-order valence-electron chi connectivity index (χ3n) is 2.92. The molecule has 0 bridgehead atoms. The zero-order chi connectivity index (χ0) is 13.8. The van der Waals surface area contributed by atoms with Crippen LogP contribution < -0.4 is 11.1 Å². The molecule has 2 rings (SSSR count). The number of nitrogens with two attached hydrogens (primary N) is 1. The minimum absolute atomic E-state index is 0.416. The van der Waals surface area contributed by atoms with Crippen molar-refractivity contribution in [3.05, 3.63) is 53.9 Å². The van der Waals surface area contributed by atoms with Crippen LogP contribution in [0.2, 0.25) is 0 Å². The Bertz CT molecular complexity index is 616. The van der Waals surface area contributed by atoms with Crippen LogP contribution in [0.4, 0.5) is 5.69 Å². The van der Waals surface area contributed by atoms with E-state index in [9.17, 15) is 4.79 Å². The number of rotatable bonds is 5. The lowest BCUT2D eigenvalue weighted by molar-refractivity contribution is 0.1000. The number of amides is 1. The lowest BCUT2D eigenvalue weighted by Crippen LogP contribution is -2.13. The fraction of sp³-hybridized carbons (Fsp3) is 0.143. The minimum atomic E-state index is -0.416. The number of hydrogen-bond acceptors (Lipinski definition) is 3. The van der Waals surface area contributed by atoms with Gasteiger partial charge in [-0.2, -0.15) is 5.10 Å². The van der Waals surface area contributed by atoms with Crippen molar-refractivity contribution in [3.63, 3.8) is 0 Å². The third-order valence-corrected chi connectivity index (χ3v) is 2.92. The minimum Gasteiger partial charge on any atom is -0.381 e. The van der Waals surface area contributed by atoms with Crippen LogP contribution in [0, 0.1) is 6.92 Å². The Hall–Kier alpha value is -2.56. The van der Waals surface area contributed by atoms with Gasteiger partial charge in [0, 0.05) is 35.8 Å². The molecule has 0 saturated carbocycles. The zero-order valence-corrected chi connectivity index (χ0v) is 10.8. The average Bonchev–Trinajstić information content (AvgIpc) is 2.85. The molecular weight excluding hydrogens is 240 g/mol. The van der Waals surface area contributed by atoms with E-state index in [0.29, 0.717) is 12.1 Å². The van der Waals surface area contributed by atoms with Crippen LogP contribution in [0.5, 0.6) is 0 Å². The van der Waals surface area contributed by atoms with E-state index in [1.807, 2.05) is 25.3 Å². The first-order valence-corrected chi connectivity index (χ1v) is 5.90. The summed E-state index contributed by atoms with van der Waals surface area (Å²) in [6.45, 7) is 6.13.